The zero-order valence-corrected chi connectivity index (χ0v) is 17.6. The summed E-state index contributed by atoms with van der Waals surface area (Å²) < 4.78 is 15.0. The van der Waals surface area contributed by atoms with Crippen LogP contribution in [0.5, 0.6) is 0 Å². The number of carbonyl (C=O) groups is 1. The number of urea groups is 1. The van der Waals surface area contributed by atoms with Crippen molar-refractivity contribution in [3.05, 3.63) is 48.0 Å². The molecular weight excluding hydrogens is 385 g/mol. The van der Waals surface area contributed by atoms with Crippen LogP contribution in [0, 0.1) is 11.7 Å². The average molecular weight is 418 g/mol. The van der Waals surface area contributed by atoms with E-state index in [0.717, 1.165) is 43.4 Å². The monoisotopic (exact) mass is 417 g/mol. The number of nitrogens with zero attached hydrogens (tertiary/aromatic N) is 3. The quantitative estimate of drug-likeness (QED) is 0.585. The maximum absolute atomic E-state index is 13.2. The molecule has 8 heteroatoms. The molecule has 164 valence electrons. The summed E-state index contributed by atoms with van der Waals surface area (Å²) in [5, 5.41) is 19.6. The number of nitrogens with one attached hydrogen (secondary N) is 2. The second kappa shape index (κ2) is 11.0. The lowest BCUT2D eigenvalue weighted by atomic mass is 9.84. The third-order valence-electron chi connectivity index (χ3n) is 5.73. The highest BCUT2D eigenvalue weighted by molar-refractivity contribution is 5.73. The Labute approximate surface area is 177 Å². The van der Waals surface area contributed by atoms with Gasteiger partial charge in [0.2, 0.25) is 0 Å². The van der Waals surface area contributed by atoms with E-state index in [-0.39, 0.29) is 18.5 Å². The van der Waals surface area contributed by atoms with Crippen molar-refractivity contribution < 1.29 is 14.3 Å². The number of rotatable bonds is 9. The molecule has 0 bridgehead atoms. The van der Waals surface area contributed by atoms with E-state index in [2.05, 4.69) is 15.7 Å². The van der Waals surface area contributed by atoms with Gasteiger partial charge in [-0.15, -0.1) is 0 Å². The standard InChI is InChI=1S/C22H32FN5O2/c1-27(22(30)24-14-18-3-2-4-19(23)13-18)10-9-17-5-7-20(8-6-17)26-21-15-25-28(16-21)11-12-29/h2-4,13,15-17,20,26,29H,5-12,14H2,1H3,(H,24,30). The van der Waals surface area contributed by atoms with Gasteiger partial charge in [0.25, 0.3) is 0 Å². The average Bonchev–Trinajstić information content (AvgIpc) is 3.18. The van der Waals surface area contributed by atoms with Crippen molar-refractivity contribution >= 4 is 11.7 Å². The van der Waals surface area contributed by atoms with Crippen molar-refractivity contribution in [2.24, 2.45) is 5.92 Å². The van der Waals surface area contributed by atoms with Crippen LogP contribution in [0.25, 0.3) is 0 Å². The minimum absolute atomic E-state index is 0.0868. The van der Waals surface area contributed by atoms with Crippen molar-refractivity contribution in [1.29, 1.82) is 0 Å². The first-order chi connectivity index (χ1) is 14.5. The smallest absolute Gasteiger partial charge is 0.317 e. The molecule has 0 spiro atoms. The summed E-state index contributed by atoms with van der Waals surface area (Å²) >= 11 is 0. The largest absolute Gasteiger partial charge is 0.394 e. The Kier molecular flexibility index (Phi) is 8.07. The number of carbonyl (C=O) groups excluding carboxylic acids is 1. The molecule has 1 saturated carbocycles. The van der Waals surface area contributed by atoms with Gasteiger partial charge in [-0.1, -0.05) is 12.1 Å². The highest BCUT2D eigenvalue weighted by Crippen LogP contribution is 2.28. The van der Waals surface area contributed by atoms with Crippen molar-refractivity contribution in [3.63, 3.8) is 0 Å². The zero-order valence-electron chi connectivity index (χ0n) is 17.6. The second-order valence-corrected chi connectivity index (χ2v) is 8.08. The molecule has 1 fully saturated rings. The Morgan fingerprint density at radius 2 is 2.13 bits per heavy atom. The summed E-state index contributed by atoms with van der Waals surface area (Å²) in [6.45, 7) is 1.64. The topological polar surface area (TPSA) is 82.4 Å². The summed E-state index contributed by atoms with van der Waals surface area (Å²) in [6.07, 6.45) is 9.21. The predicted octanol–water partition coefficient (Wildman–Crippen LogP) is 3.22. The first kappa shape index (κ1) is 22.1. The Balaban J connectivity index is 1.32. The summed E-state index contributed by atoms with van der Waals surface area (Å²) in [4.78, 5) is 14.0. The van der Waals surface area contributed by atoms with Crippen LogP contribution in [0.1, 0.15) is 37.7 Å². The molecule has 1 heterocycles. The molecule has 1 aromatic carbocycles. The number of hydrogen-bond acceptors (Lipinski definition) is 4. The van der Waals surface area contributed by atoms with E-state index in [1.54, 1.807) is 35.0 Å². The number of amides is 2. The molecule has 2 aromatic rings. The molecule has 0 unspecified atom stereocenters. The molecule has 3 N–H and O–H groups in total. The number of benzene rings is 1. The van der Waals surface area contributed by atoms with Gasteiger partial charge in [-0.05, 0) is 55.7 Å². The maximum Gasteiger partial charge on any atom is 0.317 e. The van der Waals surface area contributed by atoms with Crippen molar-refractivity contribution in [2.75, 3.05) is 25.5 Å². The van der Waals surface area contributed by atoms with Gasteiger partial charge >= 0.3 is 6.03 Å². The predicted molar refractivity (Wildman–Crippen MR) is 115 cm³/mol. The van der Waals surface area contributed by atoms with Gasteiger partial charge in [-0.2, -0.15) is 5.10 Å². The highest BCUT2D eigenvalue weighted by atomic mass is 19.1. The van der Waals surface area contributed by atoms with E-state index < -0.39 is 0 Å². The van der Waals surface area contributed by atoms with Gasteiger partial charge in [0.15, 0.2) is 0 Å². The Bertz CT molecular complexity index is 804. The van der Waals surface area contributed by atoms with Crippen LogP contribution in [0.2, 0.25) is 0 Å². The van der Waals surface area contributed by atoms with Crippen molar-refractivity contribution in [2.45, 2.75) is 51.2 Å². The zero-order chi connectivity index (χ0) is 21.3. The summed E-state index contributed by atoms with van der Waals surface area (Å²) in [6, 6.07) is 6.59. The molecule has 0 saturated heterocycles. The number of hydrogen-bond donors (Lipinski definition) is 3. The van der Waals surface area contributed by atoms with Gasteiger partial charge in [0.05, 0.1) is 25.0 Å². The van der Waals surface area contributed by atoms with Gasteiger partial charge in [0.1, 0.15) is 5.82 Å². The Morgan fingerprint density at radius 3 is 2.87 bits per heavy atom. The number of aliphatic hydroxyl groups excluding tert-OH is 1. The molecule has 2 amide bonds. The normalized spacial score (nSPS) is 18.8. The highest BCUT2D eigenvalue weighted by Gasteiger charge is 2.22. The molecular formula is C22H32FN5O2. The van der Waals surface area contributed by atoms with Crippen LogP contribution >= 0.6 is 0 Å². The third-order valence-corrected chi connectivity index (χ3v) is 5.73. The second-order valence-electron chi connectivity index (χ2n) is 8.08. The van der Waals surface area contributed by atoms with E-state index in [1.807, 2.05) is 6.20 Å². The van der Waals surface area contributed by atoms with Crippen LogP contribution in [0.3, 0.4) is 0 Å². The first-order valence-electron chi connectivity index (χ1n) is 10.7. The lowest BCUT2D eigenvalue weighted by Gasteiger charge is -2.30. The van der Waals surface area contributed by atoms with E-state index in [9.17, 15) is 9.18 Å². The SMILES string of the molecule is CN(CCC1CCC(Nc2cnn(CCO)c2)CC1)C(=O)NCc1cccc(F)c1. The van der Waals surface area contributed by atoms with E-state index in [1.165, 1.54) is 12.1 Å². The number of aliphatic hydroxyl groups is 1. The van der Waals surface area contributed by atoms with Crippen LogP contribution in [0.4, 0.5) is 14.9 Å². The Hall–Kier alpha value is -2.61. The fourth-order valence-electron chi connectivity index (χ4n) is 3.93. The minimum Gasteiger partial charge on any atom is -0.394 e. The summed E-state index contributed by atoms with van der Waals surface area (Å²) in [7, 11) is 1.80. The summed E-state index contributed by atoms with van der Waals surface area (Å²) in [5.41, 5.74) is 1.76. The van der Waals surface area contributed by atoms with Gasteiger partial charge in [-0.25, -0.2) is 9.18 Å². The summed E-state index contributed by atoms with van der Waals surface area (Å²) in [5.74, 6) is 0.331. The molecule has 1 aliphatic carbocycles. The van der Waals surface area contributed by atoms with E-state index >= 15 is 0 Å². The fraction of sp³-hybridized carbons (Fsp3) is 0.545. The molecule has 0 aliphatic heterocycles. The lowest BCUT2D eigenvalue weighted by molar-refractivity contribution is 0.201. The van der Waals surface area contributed by atoms with Crippen molar-refractivity contribution in [1.82, 2.24) is 20.0 Å². The number of halogens is 1. The molecule has 30 heavy (non-hydrogen) atoms. The fourth-order valence-corrected chi connectivity index (χ4v) is 3.93. The third kappa shape index (κ3) is 6.73. The van der Waals surface area contributed by atoms with Gasteiger partial charge in [-0.3, -0.25) is 4.68 Å². The number of anilines is 1. The van der Waals surface area contributed by atoms with Crippen LogP contribution < -0.4 is 10.6 Å². The maximum atomic E-state index is 13.2. The molecule has 0 radical (unpaired) electrons. The number of aromatic nitrogens is 2. The van der Waals surface area contributed by atoms with Gasteiger partial charge in [0, 0.05) is 32.4 Å². The molecule has 1 aromatic heterocycles. The Morgan fingerprint density at radius 1 is 1.33 bits per heavy atom. The van der Waals surface area contributed by atoms with Crippen LogP contribution in [-0.2, 0) is 13.1 Å². The van der Waals surface area contributed by atoms with Gasteiger partial charge < -0.3 is 20.6 Å². The van der Waals surface area contributed by atoms with E-state index in [0.29, 0.717) is 31.6 Å². The van der Waals surface area contributed by atoms with Crippen molar-refractivity contribution in [3.8, 4) is 0 Å². The molecule has 0 atom stereocenters. The minimum atomic E-state index is -0.292. The molecule has 1 aliphatic rings. The lowest BCUT2D eigenvalue weighted by Crippen LogP contribution is -2.38. The first-order valence-corrected chi connectivity index (χ1v) is 10.7. The van der Waals surface area contributed by atoms with Crippen LogP contribution in [-0.4, -0.2) is 52.1 Å². The molecule has 7 nitrogen and oxygen atoms in total. The van der Waals surface area contributed by atoms with E-state index in [4.69, 9.17) is 5.11 Å². The molecule has 3 rings (SSSR count). The van der Waals surface area contributed by atoms with Crippen LogP contribution in [0.15, 0.2) is 36.7 Å².